The Hall–Kier alpha value is -6.79. The molecular formula is C38H11F15N4. The highest BCUT2D eigenvalue weighted by Crippen LogP contribution is 2.49. The summed E-state index contributed by atoms with van der Waals surface area (Å²) < 4.78 is 228. The van der Waals surface area contributed by atoms with Gasteiger partial charge in [-0.25, -0.2) is 75.8 Å². The first-order valence-corrected chi connectivity index (χ1v) is 15.7. The molecule has 0 radical (unpaired) electrons. The fourth-order valence-corrected chi connectivity index (χ4v) is 6.40. The van der Waals surface area contributed by atoms with Gasteiger partial charge < -0.3 is 9.97 Å². The van der Waals surface area contributed by atoms with Gasteiger partial charge in [0, 0.05) is 33.2 Å². The number of H-pyrrole nitrogens is 2. The summed E-state index contributed by atoms with van der Waals surface area (Å²) in [5.41, 5.74) is -14.2. The summed E-state index contributed by atoms with van der Waals surface area (Å²) in [6, 6.07) is 6.48. The van der Waals surface area contributed by atoms with Gasteiger partial charge in [0.25, 0.3) is 0 Å². The minimum Gasteiger partial charge on any atom is -0.355 e. The predicted octanol–water partition coefficient (Wildman–Crippen LogP) is 11.7. The molecular weight excluding hydrogens is 797 g/mol. The highest BCUT2D eigenvalue weighted by molar-refractivity contribution is 6.09. The molecule has 288 valence electrons. The van der Waals surface area contributed by atoms with Crippen molar-refractivity contribution in [2.75, 3.05) is 0 Å². The molecule has 0 unspecified atom stereocenters. The van der Waals surface area contributed by atoms with Crippen molar-refractivity contribution in [1.82, 2.24) is 19.9 Å². The Morgan fingerprint density at radius 2 is 0.667 bits per heavy atom. The van der Waals surface area contributed by atoms with Gasteiger partial charge in [-0.15, -0.1) is 0 Å². The van der Waals surface area contributed by atoms with Gasteiger partial charge in [-0.2, -0.15) is 0 Å². The minimum atomic E-state index is -2.83. The van der Waals surface area contributed by atoms with E-state index in [1.807, 2.05) is 0 Å². The van der Waals surface area contributed by atoms with Crippen molar-refractivity contribution >= 4 is 46.4 Å². The molecule has 0 fully saturated rings. The Kier molecular flexibility index (Phi) is 8.58. The SMILES string of the molecule is Fc1c(F)c(F)c(-c2c(-c3c(F)c(F)c(F)c(F)c3F)c3[nH]c2cc2nc(cc4ccc(cc5nc(c3-c3c(F)c(F)c(F)c(F)c3F)C=C5)[nH]4)C=C2)c(F)c1F. The van der Waals surface area contributed by atoms with Gasteiger partial charge in [-0.1, -0.05) is 0 Å². The molecule has 0 amide bonds. The molecule has 5 heterocycles. The molecule has 8 rings (SSSR count). The van der Waals surface area contributed by atoms with Crippen LogP contribution in [0, 0.1) is 87.3 Å². The fraction of sp³-hybridized carbons (Fsp3) is 0. The van der Waals surface area contributed by atoms with E-state index < -0.39 is 137 Å². The van der Waals surface area contributed by atoms with Crippen LogP contribution in [-0.4, -0.2) is 19.9 Å². The van der Waals surface area contributed by atoms with Crippen molar-refractivity contribution in [1.29, 1.82) is 0 Å². The maximum absolute atomic E-state index is 16.0. The van der Waals surface area contributed by atoms with Crippen molar-refractivity contribution in [2.45, 2.75) is 0 Å². The van der Waals surface area contributed by atoms with Crippen LogP contribution in [0.4, 0.5) is 65.9 Å². The fourth-order valence-electron chi connectivity index (χ4n) is 6.40. The molecule has 4 nitrogen and oxygen atoms in total. The number of aromatic nitrogens is 4. The summed E-state index contributed by atoms with van der Waals surface area (Å²) in [7, 11) is 0. The standard InChI is InChI=1S/C38H11F15N4/c39-23-20(24(40)30(46)35(51)29(23)45)17-16-9-14-4-3-11(55-14)7-10-1-2-12(54-10)8-13-5-6-15(56-13)18(21-25(41)31(47)36(52)32(48)26(21)42)38(57-16)19(17)22-27(43)33(49)37(53)34(50)28(22)44/h1-9,54,57H. The lowest BCUT2D eigenvalue weighted by Gasteiger charge is -2.15. The number of nitrogens with zero attached hydrogens (tertiary/aromatic N) is 2. The molecule has 19 heteroatoms. The lowest BCUT2D eigenvalue weighted by Crippen LogP contribution is -2.07. The third kappa shape index (κ3) is 5.58. The molecule has 0 saturated heterocycles. The van der Waals surface area contributed by atoms with Gasteiger partial charge in [0.15, 0.2) is 69.8 Å². The van der Waals surface area contributed by atoms with E-state index in [1.165, 1.54) is 30.4 Å². The topological polar surface area (TPSA) is 57.4 Å². The third-order valence-electron chi connectivity index (χ3n) is 8.89. The normalized spacial score (nSPS) is 12.3. The van der Waals surface area contributed by atoms with E-state index >= 15 is 35.1 Å². The van der Waals surface area contributed by atoms with Crippen LogP contribution in [0.1, 0.15) is 22.8 Å². The lowest BCUT2D eigenvalue weighted by atomic mass is 9.91. The molecule has 2 aliphatic rings. The third-order valence-corrected chi connectivity index (χ3v) is 8.89. The highest BCUT2D eigenvalue weighted by Gasteiger charge is 2.37. The number of benzene rings is 3. The number of hydrogen-bond acceptors (Lipinski definition) is 2. The predicted molar refractivity (Wildman–Crippen MR) is 175 cm³/mol. The van der Waals surface area contributed by atoms with Gasteiger partial charge in [-0.05, 0) is 54.6 Å². The van der Waals surface area contributed by atoms with Crippen molar-refractivity contribution in [3.63, 3.8) is 0 Å². The second-order valence-electron chi connectivity index (χ2n) is 12.2. The second kappa shape index (κ2) is 13.2. The first kappa shape index (κ1) is 37.1. The summed E-state index contributed by atoms with van der Waals surface area (Å²) in [5, 5.41) is 0. The summed E-state index contributed by atoms with van der Waals surface area (Å²) in [5.74, 6) is -40.9. The number of aromatic amines is 2. The van der Waals surface area contributed by atoms with E-state index in [0.717, 1.165) is 12.2 Å². The van der Waals surface area contributed by atoms with Crippen LogP contribution in [0.25, 0.3) is 79.8 Å². The first-order valence-electron chi connectivity index (χ1n) is 15.7. The highest BCUT2D eigenvalue weighted by atomic mass is 19.2. The van der Waals surface area contributed by atoms with E-state index in [2.05, 4.69) is 19.9 Å². The first-order chi connectivity index (χ1) is 27.0. The smallest absolute Gasteiger partial charge is 0.200 e. The zero-order valence-electron chi connectivity index (χ0n) is 27.3. The van der Waals surface area contributed by atoms with Crippen LogP contribution in [0.5, 0.6) is 0 Å². The van der Waals surface area contributed by atoms with E-state index in [-0.39, 0.29) is 22.6 Å². The second-order valence-corrected chi connectivity index (χ2v) is 12.2. The van der Waals surface area contributed by atoms with Crippen LogP contribution >= 0.6 is 0 Å². The number of halogens is 15. The van der Waals surface area contributed by atoms with Crippen LogP contribution in [0.2, 0.25) is 0 Å². The molecule has 3 aromatic carbocycles. The van der Waals surface area contributed by atoms with E-state index in [4.69, 9.17) is 0 Å². The number of nitrogens with one attached hydrogen (secondary N) is 2. The van der Waals surface area contributed by atoms with Gasteiger partial charge in [0.05, 0.1) is 45.0 Å². The average Bonchev–Trinajstić information content (AvgIpc) is 4.01. The summed E-state index contributed by atoms with van der Waals surface area (Å²) in [4.78, 5) is 13.4. The van der Waals surface area contributed by atoms with Crippen molar-refractivity contribution < 1.29 is 65.9 Å². The maximum atomic E-state index is 16.0. The summed E-state index contributed by atoms with van der Waals surface area (Å²) in [6.45, 7) is 0. The summed E-state index contributed by atoms with van der Waals surface area (Å²) >= 11 is 0. The van der Waals surface area contributed by atoms with Crippen molar-refractivity contribution in [3.05, 3.63) is 140 Å². The van der Waals surface area contributed by atoms with Crippen LogP contribution < -0.4 is 0 Å². The molecule has 0 aliphatic carbocycles. The molecule has 2 N–H and O–H groups in total. The van der Waals surface area contributed by atoms with Crippen LogP contribution in [0.15, 0.2) is 30.3 Å². The number of rotatable bonds is 3. The summed E-state index contributed by atoms with van der Waals surface area (Å²) in [6.07, 6.45) is 4.40. The molecule has 6 aromatic rings. The molecule has 3 aromatic heterocycles. The Labute approximate surface area is 305 Å². The monoisotopic (exact) mass is 808 g/mol. The lowest BCUT2D eigenvalue weighted by molar-refractivity contribution is 0.380. The van der Waals surface area contributed by atoms with Crippen LogP contribution in [0.3, 0.4) is 0 Å². The Morgan fingerprint density at radius 1 is 0.316 bits per heavy atom. The quantitative estimate of drug-likeness (QED) is 0.106. The van der Waals surface area contributed by atoms with Crippen molar-refractivity contribution in [3.8, 4) is 33.4 Å². The van der Waals surface area contributed by atoms with Gasteiger partial charge >= 0.3 is 0 Å². The number of hydrogen-bond donors (Lipinski definition) is 2. The Morgan fingerprint density at radius 3 is 1.12 bits per heavy atom. The van der Waals surface area contributed by atoms with E-state index in [9.17, 15) is 30.7 Å². The zero-order valence-corrected chi connectivity index (χ0v) is 27.3. The average molecular weight is 809 g/mol. The zero-order chi connectivity index (χ0) is 40.9. The maximum Gasteiger partial charge on any atom is 0.200 e. The van der Waals surface area contributed by atoms with Gasteiger partial charge in [-0.3, -0.25) is 0 Å². The molecule has 8 bridgehead atoms. The molecule has 0 atom stereocenters. The van der Waals surface area contributed by atoms with Gasteiger partial charge in [0.1, 0.15) is 0 Å². The van der Waals surface area contributed by atoms with Crippen molar-refractivity contribution in [2.24, 2.45) is 0 Å². The van der Waals surface area contributed by atoms with Gasteiger partial charge in [0.2, 0.25) is 17.5 Å². The molecule has 2 aliphatic heterocycles. The largest absolute Gasteiger partial charge is 0.355 e. The number of fused-ring (bicyclic) bond motifs is 8. The Balaban J connectivity index is 1.76. The molecule has 0 saturated carbocycles. The van der Waals surface area contributed by atoms with E-state index in [1.54, 1.807) is 6.07 Å². The van der Waals surface area contributed by atoms with Crippen LogP contribution in [-0.2, 0) is 0 Å². The Bertz CT molecular complexity index is 2950. The molecule has 57 heavy (non-hydrogen) atoms. The van der Waals surface area contributed by atoms with E-state index in [0.29, 0.717) is 11.6 Å². The minimum absolute atomic E-state index is 0.119. The molecule has 0 spiro atoms.